The number of hydrogen-bond acceptors (Lipinski definition) is 5. The predicted octanol–water partition coefficient (Wildman–Crippen LogP) is 1.73. The Morgan fingerprint density at radius 3 is 2.21 bits per heavy atom. The molecule has 19 heavy (non-hydrogen) atoms. The van der Waals surface area contributed by atoms with Gasteiger partial charge in [0.15, 0.2) is 12.6 Å². The minimum atomic E-state index is -0.579. The highest BCUT2D eigenvalue weighted by molar-refractivity contribution is 5.77. The predicted molar refractivity (Wildman–Crippen MR) is 68.1 cm³/mol. The van der Waals surface area contributed by atoms with E-state index in [9.17, 15) is 14.4 Å². The molecule has 0 aliphatic carbocycles. The fourth-order valence-electron chi connectivity index (χ4n) is 1.35. The number of carbonyl (C=O) groups excluding carboxylic acids is 3. The number of pyridine rings is 1. The van der Waals surface area contributed by atoms with Gasteiger partial charge in [-0.2, -0.15) is 0 Å². The van der Waals surface area contributed by atoms with Gasteiger partial charge in [-0.1, -0.05) is 0 Å². The molecule has 1 rings (SSSR count). The Labute approximate surface area is 111 Å². The summed E-state index contributed by atoms with van der Waals surface area (Å²) in [5, 5.41) is 2.54. The number of nitrogens with one attached hydrogen (secondary N) is 1. The van der Waals surface area contributed by atoms with Crippen molar-refractivity contribution in [3.63, 3.8) is 0 Å². The number of carbonyl (C=O) groups is 3. The van der Waals surface area contributed by atoms with E-state index in [1.54, 1.807) is 20.8 Å². The van der Waals surface area contributed by atoms with Crippen LogP contribution in [0.5, 0.6) is 0 Å². The van der Waals surface area contributed by atoms with Crippen LogP contribution in [-0.4, -0.2) is 29.3 Å². The largest absolute Gasteiger partial charge is 0.444 e. The topological polar surface area (TPSA) is 85.4 Å². The smallest absolute Gasteiger partial charge is 0.407 e. The van der Waals surface area contributed by atoms with Gasteiger partial charge in [0.25, 0.3) is 0 Å². The van der Waals surface area contributed by atoms with Crippen LogP contribution in [0.4, 0.5) is 4.79 Å². The van der Waals surface area contributed by atoms with E-state index >= 15 is 0 Å². The SMILES string of the molecule is CC(C)(C)OC(=O)NCc1cc(C=O)nc(C=O)c1. The highest BCUT2D eigenvalue weighted by Gasteiger charge is 2.15. The molecule has 1 N–H and O–H groups in total. The zero-order valence-corrected chi connectivity index (χ0v) is 11.1. The minimum Gasteiger partial charge on any atom is -0.444 e. The first-order chi connectivity index (χ1) is 8.84. The number of alkyl carbamates (subject to hydrolysis) is 1. The molecule has 1 aromatic rings. The van der Waals surface area contributed by atoms with Crippen molar-refractivity contribution in [2.45, 2.75) is 32.9 Å². The fraction of sp³-hybridized carbons (Fsp3) is 0.385. The maximum Gasteiger partial charge on any atom is 0.407 e. The summed E-state index contributed by atoms with van der Waals surface area (Å²) in [6, 6.07) is 2.99. The first-order valence-corrected chi connectivity index (χ1v) is 5.72. The standard InChI is InChI=1S/C13H16N2O4/c1-13(2,3)19-12(18)14-6-9-4-10(7-16)15-11(5-9)8-17/h4-5,7-8H,6H2,1-3H3,(H,14,18). The molecule has 6 nitrogen and oxygen atoms in total. The summed E-state index contributed by atoms with van der Waals surface area (Å²) in [5.41, 5.74) is 0.311. The Hall–Kier alpha value is -2.24. The van der Waals surface area contributed by atoms with E-state index in [-0.39, 0.29) is 17.9 Å². The van der Waals surface area contributed by atoms with Crippen LogP contribution in [0.2, 0.25) is 0 Å². The summed E-state index contributed by atoms with van der Waals surface area (Å²) >= 11 is 0. The molecule has 1 amide bonds. The lowest BCUT2D eigenvalue weighted by Gasteiger charge is -2.19. The molecule has 1 aromatic heterocycles. The van der Waals surface area contributed by atoms with Gasteiger partial charge in [-0.15, -0.1) is 0 Å². The molecule has 0 saturated carbocycles. The molecule has 0 bridgehead atoms. The molecular weight excluding hydrogens is 248 g/mol. The molecule has 0 unspecified atom stereocenters. The number of nitrogens with zero attached hydrogens (tertiary/aromatic N) is 1. The molecule has 0 radical (unpaired) electrons. The second-order valence-corrected chi connectivity index (χ2v) is 4.92. The van der Waals surface area contributed by atoms with Crippen LogP contribution in [0, 0.1) is 0 Å². The molecule has 0 fully saturated rings. The first-order valence-electron chi connectivity index (χ1n) is 5.72. The van der Waals surface area contributed by atoms with E-state index in [1.165, 1.54) is 12.1 Å². The summed E-state index contributed by atoms with van der Waals surface area (Å²) < 4.78 is 5.07. The van der Waals surface area contributed by atoms with Crippen LogP contribution in [0.15, 0.2) is 12.1 Å². The van der Waals surface area contributed by atoms with Crippen molar-refractivity contribution in [3.8, 4) is 0 Å². The Morgan fingerprint density at radius 1 is 1.26 bits per heavy atom. The zero-order valence-electron chi connectivity index (χ0n) is 11.1. The molecule has 0 aliphatic heterocycles. The van der Waals surface area contributed by atoms with E-state index in [1.807, 2.05) is 0 Å². The van der Waals surface area contributed by atoms with Gasteiger partial charge in [0, 0.05) is 6.54 Å². The number of ether oxygens (including phenoxy) is 1. The average molecular weight is 264 g/mol. The normalized spacial score (nSPS) is 10.7. The molecule has 1 heterocycles. The maximum atomic E-state index is 11.5. The Morgan fingerprint density at radius 2 is 1.79 bits per heavy atom. The van der Waals surface area contributed by atoms with Crippen LogP contribution in [0.25, 0.3) is 0 Å². The van der Waals surface area contributed by atoms with E-state index < -0.39 is 11.7 Å². The highest BCUT2D eigenvalue weighted by Crippen LogP contribution is 2.08. The molecule has 102 valence electrons. The molecular formula is C13H16N2O4. The summed E-state index contributed by atoms with van der Waals surface area (Å²) in [4.78, 5) is 36.6. The Balaban J connectivity index is 2.69. The van der Waals surface area contributed by atoms with Crippen molar-refractivity contribution < 1.29 is 19.1 Å². The third-order valence-corrected chi connectivity index (χ3v) is 2.00. The molecule has 6 heteroatoms. The van der Waals surface area contributed by atoms with Crippen LogP contribution < -0.4 is 5.32 Å². The highest BCUT2D eigenvalue weighted by atomic mass is 16.6. The lowest BCUT2D eigenvalue weighted by Crippen LogP contribution is -2.32. The van der Waals surface area contributed by atoms with Gasteiger partial charge in [-0.05, 0) is 38.5 Å². The van der Waals surface area contributed by atoms with Gasteiger partial charge in [0.1, 0.15) is 17.0 Å². The number of aromatic nitrogens is 1. The van der Waals surface area contributed by atoms with Crippen molar-refractivity contribution in [1.82, 2.24) is 10.3 Å². The van der Waals surface area contributed by atoms with Crippen molar-refractivity contribution in [3.05, 3.63) is 29.1 Å². The minimum absolute atomic E-state index is 0.144. The maximum absolute atomic E-state index is 11.5. The van der Waals surface area contributed by atoms with E-state index in [0.717, 1.165) is 0 Å². The van der Waals surface area contributed by atoms with Gasteiger partial charge in [-0.3, -0.25) is 9.59 Å². The molecule has 0 saturated heterocycles. The lowest BCUT2D eigenvalue weighted by molar-refractivity contribution is 0.0523. The van der Waals surface area contributed by atoms with Gasteiger partial charge < -0.3 is 10.1 Å². The summed E-state index contributed by atoms with van der Waals surface area (Å²) in [6.45, 7) is 5.43. The lowest BCUT2D eigenvalue weighted by atomic mass is 10.2. The van der Waals surface area contributed by atoms with Crippen LogP contribution in [0.3, 0.4) is 0 Å². The molecule has 0 atom stereocenters. The molecule has 0 aliphatic rings. The summed E-state index contributed by atoms with van der Waals surface area (Å²) in [7, 11) is 0. The van der Waals surface area contributed by atoms with Crippen molar-refractivity contribution in [1.29, 1.82) is 0 Å². The van der Waals surface area contributed by atoms with Gasteiger partial charge in [0.2, 0.25) is 0 Å². The number of rotatable bonds is 4. The third kappa shape index (κ3) is 5.29. The van der Waals surface area contributed by atoms with Crippen LogP contribution >= 0.6 is 0 Å². The second kappa shape index (κ2) is 6.08. The summed E-state index contributed by atoms with van der Waals surface area (Å²) in [6.07, 6.45) is 0.526. The van der Waals surface area contributed by atoms with E-state index in [2.05, 4.69) is 10.3 Å². The van der Waals surface area contributed by atoms with Crippen molar-refractivity contribution in [2.75, 3.05) is 0 Å². The molecule has 0 spiro atoms. The second-order valence-electron chi connectivity index (χ2n) is 4.92. The zero-order chi connectivity index (χ0) is 14.5. The van der Waals surface area contributed by atoms with Crippen LogP contribution in [-0.2, 0) is 11.3 Å². The first kappa shape index (κ1) is 14.8. The molecule has 0 aromatic carbocycles. The number of hydrogen-bond donors (Lipinski definition) is 1. The number of aldehydes is 2. The van der Waals surface area contributed by atoms with Gasteiger partial charge >= 0.3 is 6.09 Å². The van der Waals surface area contributed by atoms with Crippen molar-refractivity contribution >= 4 is 18.7 Å². The van der Waals surface area contributed by atoms with Gasteiger partial charge in [-0.25, -0.2) is 9.78 Å². The fourth-order valence-corrected chi connectivity index (χ4v) is 1.35. The monoisotopic (exact) mass is 264 g/mol. The van der Waals surface area contributed by atoms with Crippen molar-refractivity contribution in [2.24, 2.45) is 0 Å². The van der Waals surface area contributed by atoms with E-state index in [0.29, 0.717) is 18.1 Å². The van der Waals surface area contributed by atoms with Gasteiger partial charge in [0.05, 0.1) is 0 Å². The Kier molecular flexibility index (Phi) is 4.74. The quantitative estimate of drug-likeness (QED) is 0.837. The number of amides is 1. The average Bonchev–Trinajstić information content (AvgIpc) is 2.33. The Bertz CT molecular complexity index is 466. The van der Waals surface area contributed by atoms with E-state index in [4.69, 9.17) is 4.74 Å². The third-order valence-electron chi connectivity index (χ3n) is 2.00. The van der Waals surface area contributed by atoms with Crippen LogP contribution in [0.1, 0.15) is 47.3 Å². The summed E-state index contributed by atoms with van der Waals surface area (Å²) in [5.74, 6) is 0.